The summed E-state index contributed by atoms with van der Waals surface area (Å²) in [5.74, 6) is 0. The molecule has 3 aromatic rings. The Labute approximate surface area is 109 Å². The molecule has 88 valence electrons. The molecule has 0 spiro atoms. The van der Waals surface area contributed by atoms with Crippen LogP contribution in [-0.4, -0.2) is 20.0 Å². The Morgan fingerprint density at radius 1 is 1.06 bits per heavy atom. The molecule has 2 aromatic heterocycles. The predicted molar refractivity (Wildman–Crippen MR) is 72.0 cm³/mol. The van der Waals surface area contributed by atoms with Gasteiger partial charge in [-0.25, -0.2) is 4.68 Å². The van der Waals surface area contributed by atoms with Crippen LogP contribution in [0, 0.1) is 4.64 Å². The first-order valence-electron chi connectivity index (χ1n) is 5.49. The standard InChI is InChI=1S/C13H10N4S/c18-13-7-6-12(15-16-13)10-2-4-11(5-3-10)17-9-1-8-14-17/h1-9H,(H,16,18). The molecule has 0 aliphatic carbocycles. The predicted octanol–water partition coefficient (Wildman–Crippen LogP) is 2.99. The lowest BCUT2D eigenvalue weighted by Gasteiger charge is -2.03. The number of hydrogen-bond acceptors (Lipinski definition) is 3. The molecule has 0 unspecified atom stereocenters. The van der Waals surface area contributed by atoms with E-state index in [-0.39, 0.29) is 0 Å². The summed E-state index contributed by atoms with van der Waals surface area (Å²) >= 11 is 4.97. The molecule has 0 aliphatic rings. The van der Waals surface area contributed by atoms with Crippen molar-refractivity contribution < 1.29 is 0 Å². The van der Waals surface area contributed by atoms with E-state index in [9.17, 15) is 0 Å². The van der Waals surface area contributed by atoms with Crippen LogP contribution in [0.2, 0.25) is 0 Å². The van der Waals surface area contributed by atoms with E-state index < -0.39 is 0 Å². The van der Waals surface area contributed by atoms with Crippen LogP contribution in [0.25, 0.3) is 16.9 Å². The van der Waals surface area contributed by atoms with E-state index in [1.54, 1.807) is 6.20 Å². The second-order valence-corrected chi connectivity index (χ2v) is 4.24. The van der Waals surface area contributed by atoms with Crippen molar-refractivity contribution in [3.05, 3.63) is 59.5 Å². The molecule has 2 heterocycles. The highest BCUT2D eigenvalue weighted by molar-refractivity contribution is 7.71. The molecule has 3 rings (SSSR count). The van der Waals surface area contributed by atoms with Crippen LogP contribution in [0.5, 0.6) is 0 Å². The summed E-state index contributed by atoms with van der Waals surface area (Å²) in [5.41, 5.74) is 2.93. The van der Waals surface area contributed by atoms with E-state index in [4.69, 9.17) is 12.2 Å². The molecule has 0 saturated heterocycles. The zero-order valence-corrected chi connectivity index (χ0v) is 10.3. The van der Waals surface area contributed by atoms with E-state index in [1.165, 1.54) is 0 Å². The molecular formula is C13H10N4S. The molecule has 4 nitrogen and oxygen atoms in total. The van der Waals surface area contributed by atoms with Gasteiger partial charge >= 0.3 is 0 Å². The SMILES string of the molecule is S=c1ccc(-c2ccc(-n3cccn3)cc2)n[nH]1. The highest BCUT2D eigenvalue weighted by Gasteiger charge is 2.00. The largest absolute Gasteiger partial charge is 0.267 e. The molecule has 0 radical (unpaired) electrons. The number of aromatic amines is 1. The van der Waals surface area contributed by atoms with Crippen molar-refractivity contribution in [1.29, 1.82) is 0 Å². The van der Waals surface area contributed by atoms with Gasteiger partial charge in [-0.15, -0.1) is 0 Å². The van der Waals surface area contributed by atoms with Crippen molar-refractivity contribution in [3.8, 4) is 16.9 Å². The van der Waals surface area contributed by atoms with Crippen LogP contribution in [0.4, 0.5) is 0 Å². The number of nitrogens with zero attached hydrogens (tertiary/aromatic N) is 3. The first kappa shape index (κ1) is 10.9. The minimum Gasteiger partial charge on any atom is -0.267 e. The highest BCUT2D eigenvalue weighted by atomic mass is 32.1. The third-order valence-electron chi connectivity index (χ3n) is 2.61. The second-order valence-electron chi connectivity index (χ2n) is 3.80. The van der Waals surface area contributed by atoms with Gasteiger partial charge in [-0.2, -0.15) is 10.2 Å². The lowest BCUT2D eigenvalue weighted by atomic mass is 10.1. The monoisotopic (exact) mass is 254 g/mol. The van der Waals surface area contributed by atoms with Gasteiger partial charge in [0.1, 0.15) is 4.64 Å². The summed E-state index contributed by atoms with van der Waals surface area (Å²) in [6.07, 6.45) is 3.67. The van der Waals surface area contributed by atoms with Gasteiger partial charge in [0.2, 0.25) is 0 Å². The maximum absolute atomic E-state index is 4.97. The topological polar surface area (TPSA) is 46.5 Å². The Kier molecular flexibility index (Phi) is 2.74. The van der Waals surface area contributed by atoms with Gasteiger partial charge in [-0.3, -0.25) is 5.10 Å². The van der Waals surface area contributed by atoms with Gasteiger partial charge in [0.05, 0.1) is 11.4 Å². The zero-order chi connectivity index (χ0) is 12.4. The van der Waals surface area contributed by atoms with Gasteiger partial charge in [0.15, 0.2) is 0 Å². The summed E-state index contributed by atoms with van der Waals surface area (Å²) in [6.45, 7) is 0. The molecule has 0 bridgehead atoms. The van der Waals surface area contributed by atoms with Crippen LogP contribution in [0.3, 0.4) is 0 Å². The van der Waals surface area contributed by atoms with Gasteiger partial charge < -0.3 is 0 Å². The van der Waals surface area contributed by atoms with Crippen LogP contribution < -0.4 is 0 Å². The smallest absolute Gasteiger partial charge is 0.119 e. The average molecular weight is 254 g/mol. The molecule has 0 aliphatic heterocycles. The van der Waals surface area contributed by atoms with E-state index in [1.807, 2.05) is 53.3 Å². The number of benzene rings is 1. The molecule has 18 heavy (non-hydrogen) atoms. The maximum atomic E-state index is 4.97. The van der Waals surface area contributed by atoms with Crippen molar-refractivity contribution >= 4 is 12.2 Å². The summed E-state index contributed by atoms with van der Waals surface area (Å²) in [4.78, 5) is 0. The molecule has 1 N–H and O–H groups in total. The van der Waals surface area contributed by atoms with Crippen molar-refractivity contribution in [2.75, 3.05) is 0 Å². The highest BCUT2D eigenvalue weighted by Crippen LogP contribution is 2.17. The molecule has 0 atom stereocenters. The van der Waals surface area contributed by atoms with E-state index in [0.29, 0.717) is 4.64 Å². The molecule has 0 saturated carbocycles. The van der Waals surface area contributed by atoms with Crippen LogP contribution >= 0.6 is 12.2 Å². The lowest BCUT2D eigenvalue weighted by Crippen LogP contribution is -1.94. The number of hydrogen-bond donors (Lipinski definition) is 1. The Hall–Kier alpha value is -2.27. The van der Waals surface area contributed by atoms with Crippen molar-refractivity contribution in [2.24, 2.45) is 0 Å². The first-order valence-corrected chi connectivity index (χ1v) is 5.90. The zero-order valence-electron chi connectivity index (χ0n) is 9.45. The summed E-state index contributed by atoms with van der Waals surface area (Å²) < 4.78 is 2.45. The van der Waals surface area contributed by atoms with E-state index in [2.05, 4.69) is 15.3 Å². The molecule has 0 fully saturated rings. The number of nitrogens with one attached hydrogen (secondary N) is 1. The quantitative estimate of drug-likeness (QED) is 0.715. The minimum absolute atomic E-state index is 0.631. The minimum atomic E-state index is 0.631. The first-order chi connectivity index (χ1) is 8.83. The summed E-state index contributed by atoms with van der Waals surface area (Å²) in [5, 5.41) is 11.2. The van der Waals surface area contributed by atoms with Crippen LogP contribution in [-0.2, 0) is 0 Å². The maximum Gasteiger partial charge on any atom is 0.119 e. The molecule has 5 heteroatoms. The number of rotatable bonds is 2. The third kappa shape index (κ3) is 2.08. The number of H-pyrrole nitrogens is 1. The van der Waals surface area contributed by atoms with Gasteiger partial charge in [0, 0.05) is 18.0 Å². The van der Waals surface area contributed by atoms with Gasteiger partial charge in [-0.05, 0) is 30.3 Å². The fraction of sp³-hybridized carbons (Fsp3) is 0. The Balaban J connectivity index is 1.96. The van der Waals surface area contributed by atoms with Crippen molar-refractivity contribution in [3.63, 3.8) is 0 Å². The summed E-state index contributed by atoms with van der Waals surface area (Å²) in [7, 11) is 0. The Morgan fingerprint density at radius 3 is 2.50 bits per heavy atom. The fourth-order valence-electron chi connectivity index (χ4n) is 1.71. The normalized spacial score (nSPS) is 10.4. The average Bonchev–Trinajstić information content (AvgIpc) is 2.94. The fourth-order valence-corrected chi connectivity index (χ4v) is 1.83. The molecule has 1 aromatic carbocycles. The van der Waals surface area contributed by atoms with Crippen LogP contribution in [0.15, 0.2) is 54.9 Å². The second kappa shape index (κ2) is 4.54. The Bertz CT molecular complexity index is 678. The van der Waals surface area contributed by atoms with E-state index >= 15 is 0 Å². The summed E-state index contributed by atoms with van der Waals surface area (Å²) in [6, 6.07) is 13.7. The number of aromatic nitrogens is 4. The van der Waals surface area contributed by atoms with Gasteiger partial charge in [-0.1, -0.05) is 24.4 Å². The molecule has 0 amide bonds. The Morgan fingerprint density at radius 2 is 1.89 bits per heavy atom. The molecular weight excluding hydrogens is 244 g/mol. The van der Waals surface area contributed by atoms with Crippen LogP contribution in [0.1, 0.15) is 0 Å². The van der Waals surface area contributed by atoms with Crippen molar-refractivity contribution in [2.45, 2.75) is 0 Å². The third-order valence-corrected chi connectivity index (χ3v) is 2.84. The van der Waals surface area contributed by atoms with Gasteiger partial charge in [0.25, 0.3) is 0 Å². The lowest BCUT2D eigenvalue weighted by molar-refractivity contribution is 0.880. The van der Waals surface area contributed by atoms with Crippen molar-refractivity contribution in [1.82, 2.24) is 20.0 Å². The van der Waals surface area contributed by atoms with E-state index in [0.717, 1.165) is 16.9 Å².